The number of benzene rings is 2. The maximum absolute atomic E-state index is 13.0. The molecule has 2 aromatic carbocycles. The van der Waals surface area contributed by atoms with Crippen LogP contribution in [0.4, 0.5) is 5.82 Å². The fraction of sp³-hybridized carbons (Fsp3) is 0.136. The average molecular weight is 504 g/mol. The number of hydrogen-bond donors (Lipinski definition) is 1. The number of rotatable bonds is 4. The van der Waals surface area contributed by atoms with E-state index < -0.39 is 17.7 Å². The fourth-order valence-corrected chi connectivity index (χ4v) is 3.99. The highest BCUT2D eigenvalue weighted by atomic mass is 79.9. The van der Waals surface area contributed by atoms with Gasteiger partial charge in [0.2, 0.25) is 0 Å². The topological polar surface area (TPSA) is 92.9 Å². The molecule has 1 N–H and O–H groups in total. The predicted octanol–water partition coefficient (Wildman–Crippen LogP) is 5.03. The molecule has 4 rings (SSSR count). The molecule has 0 aliphatic carbocycles. The number of nitrogens with zero attached hydrogens (tertiary/aromatic N) is 2. The third-order valence-corrected chi connectivity index (χ3v) is 5.74. The van der Waals surface area contributed by atoms with Gasteiger partial charge in [0.25, 0.3) is 5.78 Å². The van der Waals surface area contributed by atoms with E-state index in [1.165, 1.54) is 18.1 Å². The van der Waals surface area contributed by atoms with Crippen molar-refractivity contribution in [1.82, 2.24) is 5.16 Å². The van der Waals surface area contributed by atoms with Crippen molar-refractivity contribution in [3.05, 3.63) is 80.5 Å². The van der Waals surface area contributed by atoms with Gasteiger partial charge in [-0.1, -0.05) is 44.8 Å². The van der Waals surface area contributed by atoms with E-state index in [1.54, 1.807) is 49.4 Å². The number of halogens is 2. The molecule has 0 saturated carbocycles. The highest BCUT2D eigenvalue weighted by molar-refractivity contribution is 9.10. The van der Waals surface area contributed by atoms with E-state index in [4.69, 9.17) is 20.9 Å². The Morgan fingerprint density at radius 2 is 1.90 bits per heavy atom. The summed E-state index contributed by atoms with van der Waals surface area (Å²) in [5.74, 6) is -0.923. The van der Waals surface area contributed by atoms with E-state index in [1.807, 2.05) is 0 Å². The molecule has 3 aromatic rings. The van der Waals surface area contributed by atoms with Gasteiger partial charge >= 0.3 is 5.91 Å². The van der Waals surface area contributed by atoms with Gasteiger partial charge in [-0.25, -0.2) is 0 Å². The van der Waals surface area contributed by atoms with Gasteiger partial charge < -0.3 is 14.4 Å². The Morgan fingerprint density at radius 3 is 2.48 bits per heavy atom. The Kier molecular flexibility index (Phi) is 5.60. The second-order valence-corrected chi connectivity index (χ2v) is 8.19. The Bertz CT molecular complexity index is 1220. The summed E-state index contributed by atoms with van der Waals surface area (Å²) in [5, 5.41) is 15.2. The number of hydrogen-bond acceptors (Lipinski definition) is 6. The summed E-state index contributed by atoms with van der Waals surface area (Å²) in [6, 6.07) is 12.3. The Hall–Kier alpha value is -3.10. The van der Waals surface area contributed by atoms with Gasteiger partial charge in [-0.3, -0.25) is 14.5 Å². The molecule has 0 radical (unpaired) electrons. The number of ether oxygens (including phenoxy) is 1. The molecule has 1 aromatic heterocycles. The lowest BCUT2D eigenvalue weighted by atomic mass is 9.95. The van der Waals surface area contributed by atoms with Gasteiger partial charge in [0.1, 0.15) is 17.3 Å². The van der Waals surface area contributed by atoms with Gasteiger partial charge in [0.05, 0.1) is 23.7 Å². The number of methoxy groups -OCH3 is 1. The van der Waals surface area contributed by atoms with Crippen molar-refractivity contribution in [1.29, 1.82) is 0 Å². The molecule has 1 aliphatic rings. The molecular formula is C22H16BrClN2O5. The number of aliphatic hydroxyl groups is 1. The normalized spacial score (nSPS) is 17.9. The zero-order valence-electron chi connectivity index (χ0n) is 16.4. The van der Waals surface area contributed by atoms with Gasteiger partial charge in [-0.15, -0.1) is 0 Å². The van der Waals surface area contributed by atoms with E-state index in [9.17, 15) is 14.7 Å². The lowest BCUT2D eigenvalue weighted by molar-refractivity contribution is -0.132. The van der Waals surface area contributed by atoms with Crippen LogP contribution in [0, 0.1) is 6.92 Å². The highest BCUT2D eigenvalue weighted by Gasteiger charge is 2.48. The SMILES string of the molecule is COc1ccc(C(O)=C2C(=O)C(=O)N(c3cc(C)on3)C2c2ccc(Br)cc2)cc1Cl. The smallest absolute Gasteiger partial charge is 0.301 e. The minimum atomic E-state index is -0.904. The van der Waals surface area contributed by atoms with Gasteiger partial charge in [0, 0.05) is 16.1 Å². The van der Waals surface area contributed by atoms with Crippen LogP contribution in [0.5, 0.6) is 5.75 Å². The molecule has 31 heavy (non-hydrogen) atoms. The minimum Gasteiger partial charge on any atom is -0.507 e. The van der Waals surface area contributed by atoms with E-state index in [0.29, 0.717) is 17.1 Å². The summed E-state index contributed by atoms with van der Waals surface area (Å²) in [6.45, 7) is 1.68. The van der Waals surface area contributed by atoms with Crippen molar-refractivity contribution in [3.63, 3.8) is 0 Å². The third kappa shape index (κ3) is 3.73. The zero-order valence-corrected chi connectivity index (χ0v) is 18.8. The van der Waals surface area contributed by atoms with Crippen LogP contribution in [0.3, 0.4) is 0 Å². The number of ketones is 1. The van der Waals surface area contributed by atoms with E-state index >= 15 is 0 Å². The van der Waals surface area contributed by atoms with Crippen LogP contribution in [0.2, 0.25) is 5.02 Å². The molecule has 0 bridgehead atoms. The first-order valence-electron chi connectivity index (χ1n) is 9.15. The largest absolute Gasteiger partial charge is 0.507 e. The van der Waals surface area contributed by atoms with Crippen molar-refractivity contribution >= 4 is 50.8 Å². The number of aromatic nitrogens is 1. The number of carbonyl (C=O) groups is 2. The summed E-state index contributed by atoms with van der Waals surface area (Å²) in [5.41, 5.74) is 0.820. The molecule has 9 heteroatoms. The number of anilines is 1. The van der Waals surface area contributed by atoms with E-state index in [0.717, 1.165) is 4.47 Å². The van der Waals surface area contributed by atoms with Crippen molar-refractivity contribution in [3.8, 4) is 5.75 Å². The maximum atomic E-state index is 13.0. The lowest BCUT2D eigenvalue weighted by Gasteiger charge is -2.23. The summed E-state index contributed by atoms with van der Waals surface area (Å²) in [4.78, 5) is 27.2. The van der Waals surface area contributed by atoms with E-state index in [2.05, 4.69) is 21.1 Å². The molecule has 2 heterocycles. The van der Waals surface area contributed by atoms with Crippen LogP contribution in [-0.4, -0.2) is 29.1 Å². The fourth-order valence-electron chi connectivity index (χ4n) is 3.47. The maximum Gasteiger partial charge on any atom is 0.301 e. The molecule has 1 fully saturated rings. The lowest BCUT2D eigenvalue weighted by Crippen LogP contribution is -2.29. The van der Waals surface area contributed by atoms with Crippen molar-refractivity contribution in [2.75, 3.05) is 12.0 Å². The Morgan fingerprint density at radius 1 is 1.19 bits per heavy atom. The predicted molar refractivity (Wildman–Crippen MR) is 118 cm³/mol. The monoisotopic (exact) mass is 502 g/mol. The van der Waals surface area contributed by atoms with Gasteiger partial charge in [0.15, 0.2) is 5.82 Å². The van der Waals surface area contributed by atoms with Gasteiger partial charge in [-0.2, -0.15) is 0 Å². The van der Waals surface area contributed by atoms with Crippen LogP contribution in [0.1, 0.15) is 22.9 Å². The quantitative estimate of drug-likeness (QED) is 0.305. The molecule has 1 atom stereocenters. The second-order valence-electron chi connectivity index (χ2n) is 6.87. The molecule has 1 saturated heterocycles. The first-order valence-corrected chi connectivity index (χ1v) is 10.3. The summed E-state index contributed by atoms with van der Waals surface area (Å²) >= 11 is 9.58. The summed E-state index contributed by atoms with van der Waals surface area (Å²) < 4.78 is 11.1. The molecule has 1 aliphatic heterocycles. The molecule has 1 amide bonds. The summed E-state index contributed by atoms with van der Waals surface area (Å²) in [7, 11) is 1.47. The third-order valence-electron chi connectivity index (χ3n) is 4.92. The van der Waals surface area contributed by atoms with Crippen LogP contribution < -0.4 is 9.64 Å². The van der Waals surface area contributed by atoms with Crippen LogP contribution in [0.15, 0.2) is 63.1 Å². The molecule has 158 valence electrons. The van der Waals surface area contributed by atoms with Crippen LogP contribution >= 0.6 is 27.5 Å². The summed E-state index contributed by atoms with van der Waals surface area (Å²) in [6.07, 6.45) is 0. The van der Waals surface area contributed by atoms with E-state index in [-0.39, 0.29) is 27.7 Å². The molecule has 7 nitrogen and oxygen atoms in total. The van der Waals surface area contributed by atoms with Gasteiger partial charge in [-0.05, 0) is 42.8 Å². The average Bonchev–Trinajstić information content (AvgIpc) is 3.29. The van der Waals surface area contributed by atoms with Crippen molar-refractivity contribution < 1.29 is 24.0 Å². The number of aliphatic hydroxyl groups excluding tert-OH is 1. The van der Waals surface area contributed by atoms with Crippen LogP contribution in [-0.2, 0) is 9.59 Å². The van der Waals surface area contributed by atoms with Crippen molar-refractivity contribution in [2.24, 2.45) is 0 Å². The first kappa shape index (κ1) is 21.1. The molecule has 0 spiro atoms. The molecular weight excluding hydrogens is 488 g/mol. The minimum absolute atomic E-state index is 0.0748. The standard InChI is InChI=1S/C22H16BrClN2O5/c1-11-9-17(25-31-11)26-19(12-3-6-14(23)7-4-12)18(21(28)22(26)29)20(27)13-5-8-16(30-2)15(24)10-13/h3-10,19,27H,1-2H3. The van der Waals surface area contributed by atoms with Crippen LogP contribution in [0.25, 0.3) is 5.76 Å². The number of aryl methyl sites for hydroxylation is 1. The number of amides is 1. The Labute approximate surface area is 191 Å². The zero-order chi connectivity index (χ0) is 22.3. The second kappa shape index (κ2) is 8.20. The Balaban J connectivity index is 1.93. The molecule has 1 unspecified atom stereocenters. The van der Waals surface area contributed by atoms with Crippen molar-refractivity contribution in [2.45, 2.75) is 13.0 Å². The number of carbonyl (C=O) groups excluding carboxylic acids is 2. The number of Topliss-reactive ketones (excluding diaryl/α,β-unsaturated/α-hetero) is 1. The first-order chi connectivity index (χ1) is 14.8. The highest BCUT2D eigenvalue weighted by Crippen LogP contribution is 2.42.